The van der Waals surface area contributed by atoms with Gasteiger partial charge in [-0.2, -0.15) is 11.0 Å². The molecule has 0 aromatic heterocycles. The summed E-state index contributed by atoms with van der Waals surface area (Å²) in [5.74, 6) is 2.08. The van der Waals surface area contributed by atoms with Gasteiger partial charge in [0.05, 0.1) is 18.7 Å². The number of amides is 1. The summed E-state index contributed by atoms with van der Waals surface area (Å²) in [7, 11) is 0. The molecule has 0 bridgehead atoms. The van der Waals surface area contributed by atoms with E-state index in [1.54, 1.807) is 0 Å². The fourth-order valence-corrected chi connectivity index (χ4v) is 5.22. The third-order valence-electron chi connectivity index (χ3n) is 6.79. The fraction of sp³-hybridized carbons (Fsp3) is 0.944. The first-order valence-corrected chi connectivity index (χ1v) is 10.0. The second-order valence-corrected chi connectivity index (χ2v) is 8.29. The first kappa shape index (κ1) is 17.7. The summed E-state index contributed by atoms with van der Waals surface area (Å²) >= 11 is 0. The molecule has 0 aromatic carbocycles. The molecule has 2 saturated heterocycles. The van der Waals surface area contributed by atoms with Crippen LogP contribution in [0.5, 0.6) is 0 Å². The van der Waals surface area contributed by atoms with Gasteiger partial charge in [0.25, 0.3) is 0 Å². The number of carbonyl (C=O) groups is 1. The topological polar surface area (TPSA) is 83.7 Å². The van der Waals surface area contributed by atoms with Crippen LogP contribution in [0, 0.1) is 23.7 Å². The van der Waals surface area contributed by atoms with Gasteiger partial charge in [-0.05, 0) is 63.2 Å². The summed E-state index contributed by atoms with van der Waals surface area (Å²) in [5.41, 5.74) is 6.08. The molecule has 4 rings (SSSR count). The van der Waals surface area contributed by atoms with Crippen LogP contribution < -0.4 is 21.6 Å². The molecule has 7 nitrogen and oxygen atoms in total. The lowest BCUT2D eigenvalue weighted by atomic mass is 9.73. The maximum Gasteiger partial charge on any atom is 0.227 e. The van der Waals surface area contributed by atoms with Gasteiger partial charge in [-0.25, -0.2) is 0 Å². The van der Waals surface area contributed by atoms with E-state index < -0.39 is 0 Å². The first-order valence-electron chi connectivity index (χ1n) is 10.0. The van der Waals surface area contributed by atoms with Crippen molar-refractivity contribution in [3.05, 3.63) is 0 Å². The Morgan fingerprint density at radius 2 is 2.00 bits per heavy atom. The van der Waals surface area contributed by atoms with Crippen LogP contribution in [-0.4, -0.2) is 37.0 Å². The van der Waals surface area contributed by atoms with E-state index in [4.69, 9.17) is 9.68 Å². The minimum atomic E-state index is -0.0644. The van der Waals surface area contributed by atoms with Gasteiger partial charge in [0.2, 0.25) is 5.91 Å². The van der Waals surface area contributed by atoms with E-state index in [-0.39, 0.29) is 30.3 Å². The van der Waals surface area contributed by atoms with E-state index in [0.29, 0.717) is 24.5 Å². The van der Waals surface area contributed by atoms with E-state index in [1.807, 2.05) is 6.92 Å². The normalized spacial score (nSPS) is 47.0. The molecule has 0 spiro atoms. The van der Waals surface area contributed by atoms with E-state index in [0.717, 1.165) is 18.8 Å². The fourth-order valence-electron chi connectivity index (χ4n) is 5.22. The maximum atomic E-state index is 12.6. The third kappa shape index (κ3) is 3.57. The molecular weight excluding hydrogens is 320 g/mol. The van der Waals surface area contributed by atoms with E-state index in [9.17, 15) is 4.79 Å². The molecule has 4 N–H and O–H groups in total. The molecular formula is C18H32N4O3. The number of nitrogens with one attached hydrogen (secondary N) is 4. The molecule has 142 valence electrons. The Morgan fingerprint density at radius 3 is 2.72 bits per heavy atom. The van der Waals surface area contributed by atoms with Gasteiger partial charge >= 0.3 is 0 Å². The summed E-state index contributed by atoms with van der Waals surface area (Å²) in [6.07, 6.45) is 7.37. The molecule has 8 atom stereocenters. The van der Waals surface area contributed by atoms with Crippen LogP contribution in [-0.2, 0) is 14.5 Å². The quantitative estimate of drug-likeness (QED) is 0.605. The van der Waals surface area contributed by atoms with Crippen molar-refractivity contribution < 1.29 is 14.5 Å². The predicted octanol–water partition coefficient (Wildman–Crippen LogP) is 1.02. The zero-order chi connectivity index (χ0) is 17.4. The van der Waals surface area contributed by atoms with Gasteiger partial charge < -0.3 is 10.2 Å². The van der Waals surface area contributed by atoms with Crippen molar-refractivity contribution in [1.82, 2.24) is 21.6 Å². The Bertz CT molecular complexity index is 491. The van der Waals surface area contributed by atoms with Crippen molar-refractivity contribution in [2.45, 2.75) is 76.8 Å². The summed E-state index contributed by atoms with van der Waals surface area (Å²) < 4.78 is 0. The van der Waals surface area contributed by atoms with E-state index in [1.165, 1.54) is 25.7 Å². The molecule has 7 heteroatoms. The summed E-state index contributed by atoms with van der Waals surface area (Å²) in [5, 5.41) is 6.89. The largest absolute Gasteiger partial charge is 0.353 e. The number of carbonyl (C=O) groups excluding carboxylic acids is 1. The number of fused-ring (bicyclic) bond motifs is 1. The summed E-state index contributed by atoms with van der Waals surface area (Å²) in [6.45, 7) is 4.62. The van der Waals surface area contributed by atoms with Crippen molar-refractivity contribution in [3.8, 4) is 0 Å². The maximum absolute atomic E-state index is 12.6. The number of hydroxylamine groups is 2. The Kier molecular flexibility index (Phi) is 5.29. The van der Waals surface area contributed by atoms with Crippen LogP contribution in [0.15, 0.2) is 0 Å². The molecule has 25 heavy (non-hydrogen) atoms. The highest BCUT2D eigenvalue weighted by molar-refractivity contribution is 5.80. The minimum absolute atomic E-state index is 0.0644. The predicted molar refractivity (Wildman–Crippen MR) is 92.7 cm³/mol. The molecule has 0 aromatic rings. The molecule has 2 saturated carbocycles. The van der Waals surface area contributed by atoms with Crippen LogP contribution >= 0.6 is 0 Å². The molecule has 7 unspecified atom stereocenters. The zero-order valence-electron chi connectivity index (χ0n) is 15.3. The van der Waals surface area contributed by atoms with E-state index >= 15 is 0 Å². The van der Waals surface area contributed by atoms with Crippen molar-refractivity contribution in [2.24, 2.45) is 23.7 Å². The average Bonchev–Trinajstić information content (AvgIpc) is 3.34. The van der Waals surface area contributed by atoms with Gasteiger partial charge in [0, 0.05) is 12.1 Å². The zero-order valence-corrected chi connectivity index (χ0v) is 15.3. The van der Waals surface area contributed by atoms with Crippen LogP contribution in [0.3, 0.4) is 0 Å². The van der Waals surface area contributed by atoms with Crippen molar-refractivity contribution in [1.29, 1.82) is 0 Å². The molecule has 2 aliphatic carbocycles. The van der Waals surface area contributed by atoms with Crippen LogP contribution in [0.2, 0.25) is 0 Å². The van der Waals surface area contributed by atoms with Crippen molar-refractivity contribution >= 4 is 5.91 Å². The standard InChI is InChI=1S/C18H32N4O3/c1-3-16-20-17(22-25-16)12-4-6-13-11(8-12)5-7-15(13)19-18(23)14-9-24-21-10(14)2/h10-17,20-22H,3-9H2,1-2H3,(H,19,23)/t10?,11?,12?,13?,14?,15-,16?,17?/m1/s1. The highest BCUT2D eigenvalue weighted by Crippen LogP contribution is 2.45. The summed E-state index contributed by atoms with van der Waals surface area (Å²) in [6, 6.07) is 0.439. The lowest BCUT2D eigenvalue weighted by Gasteiger charge is -2.37. The average molecular weight is 352 g/mol. The van der Waals surface area contributed by atoms with Gasteiger partial charge in [0.15, 0.2) is 0 Å². The second kappa shape index (κ2) is 7.48. The SMILES string of the molecule is CCC1NC(C2CCC3C(CC[C@H]3NC(=O)C3CONC3C)C2)NO1. The Hall–Kier alpha value is -0.730. The Balaban J connectivity index is 1.29. The van der Waals surface area contributed by atoms with Gasteiger partial charge in [-0.1, -0.05) is 6.92 Å². The van der Waals surface area contributed by atoms with Crippen LogP contribution in [0.1, 0.15) is 52.4 Å². The minimum Gasteiger partial charge on any atom is -0.353 e. The van der Waals surface area contributed by atoms with Gasteiger partial charge in [0.1, 0.15) is 6.23 Å². The first-order chi connectivity index (χ1) is 12.2. The lowest BCUT2D eigenvalue weighted by molar-refractivity contribution is -0.126. The Morgan fingerprint density at radius 1 is 1.16 bits per heavy atom. The van der Waals surface area contributed by atoms with Crippen LogP contribution in [0.4, 0.5) is 0 Å². The highest BCUT2D eigenvalue weighted by Gasteiger charge is 2.44. The number of rotatable bonds is 4. The van der Waals surface area contributed by atoms with Crippen LogP contribution in [0.25, 0.3) is 0 Å². The van der Waals surface area contributed by atoms with Gasteiger partial charge in [-0.15, -0.1) is 0 Å². The third-order valence-corrected chi connectivity index (χ3v) is 6.79. The molecule has 2 aliphatic heterocycles. The Labute approximate surface area is 149 Å². The highest BCUT2D eigenvalue weighted by atomic mass is 16.7. The number of hydrogen-bond acceptors (Lipinski definition) is 6. The van der Waals surface area contributed by atoms with Crippen molar-refractivity contribution in [3.63, 3.8) is 0 Å². The smallest absolute Gasteiger partial charge is 0.227 e. The summed E-state index contributed by atoms with van der Waals surface area (Å²) in [4.78, 5) is 23.4. The van der Waals surface area contributed by atoms with Gasteiger partial charge in [-0.3, -0.25) is 14.9 Å². The lowest BCUT2D eigenvalue weighted by Crippen LogP contribution is -2.47. The number of hydrogen-bond donors (Lipinski definition) is 4. The van der Waals surface area contributed by atoms with Crippen molar-refractivity contribution in [2.75, 3.05) is 6.61 Å². The molecule has 2 heterocycles. The molecule has 1 amide bonds. The second-order valence-electron chi connectivity index (χ2n) is 8.29. The van der Waals surface area contributed by atoms with E-state index in [2.05, 4.69) is 28.5 Å². The monoisotopic (exact) mass is 352 g/mol. The molecule has 4 fully saturated rings. The molecule has 4 aliphatic rings. The molecule has 0 radical (unpaired) electrons.